The van der Waals surface area contributed by atoms with Gasteiger partial charge in [0.15, 0.2) is 0 Å². The van der Waals surface area contributed by atoms with Gasteiger partial charge in [0.25, 0.3) is 15.9 Å². The van der Waals surface area contributed by atoms with Crippen LogP contribution in [-0.4, -0.2) is 31.7 Å². The van der Waals surface area contributed by atoms with Crippen molar-refractivity contribution in [1.82, 2.24) is 9.99 Å². The van der Waals surface area contributed by atoms with Crippen molar-refractivity contribution in [3.63, 3.8) is 0 Å². The van der Waals surface area contributed by atoms with E-state index >= 15 is 0 Å². The normalized spacial score (nSPS) is 11.6. The van der Waals surface area contributed by atoms with E-state index in [1.165, 1.54) is 0 Å². The number of hydrogen-bond acceptors (Lipinski definition) is 4. The fourth-order valence-corrected chi connectivity index (χ4v) is 6.12. The number of nitrogens with one attached hydrogen (secondary N) is 1. The number of nitrogens with zero attached hydrogens (tertiary/aromatic N) is 3. The minimum atomic E-state index is -4.00. The van der Waals surface area contributed by atoms with E-state index in [1.807, 2.05) is 70.2 Å². The van der Waals surface area contributed by atoms with Crippen LogP contribution in [0.15, 0.2) is 93.3 Å². The summed E-state index contributed by atoms with van der Waals surface area (Å²) in [4.78, 5) is 13.0. The van der Waals surface area contributed by atoms with Crippen molar-refractivity contribution in [2.45, 2.75) is 32.6 Å². The zero-order chi connectivity index (χ0) is 27.4. The molecule has 4 aromatic rings. The molecule has 1 heterocycles. The summed E-state index contributed by atoms with van der Waals surface area (Å²) in [5.41, 5.74) is 8.43. The van der Waals surface area contributed by atoms with Gasteiger partial charge in [-0.25, -0.2) is 13.8 Å². The second-order valence-electron chi connectivity index (χ2n) is 9.05. The smallest absolute Gasteiger partial charge is 0.264 e. The average Bonchev–Trinajstić information content (AvgIpc) is 3.16. The first kappa shape index (κ1) is 27.3. The molecule has 0 aliphatic heterocycles. The molecule has 196 valence electrons. The first-order chi connectivity index (χ1) is 18.1. The molecule has 1 amide bonds. The van der Waals surface area contributed by atoms with Gasteiger partial charge in [-0.1, -0.05) is 57.9 Å². The van der Waals surface area contributed by atoms with Crippen molar-refractivity contribution in [3.05, 3.63) is 111 Å². The number of benzene rings is 3. The van der Waals surface area contributed by atoms with Crippen LogP contribution < -0.4 is 9.73 Å². The molecule has 0 atom stereocenters. The van der Waals surface area contributed by atoms with Crippen molar-refractivity contribution >= 4 is 43.8 Å². The Hall–Kier alpha value is -3.69. The lowest BCUT2D eigenvalue weighted by Gasteiger charge is -2.25. The molecule has 0 aliphatic rings. The summed E-state index contributed by atoms with van der Waals surface area (Å²) in [6, 6.07) is 23.6. The second-order valence-corrected chi connectivity index (χ2v) is 11.8. The van der Waals surface area contributed by atoms with E-state index in [0.29, 0.717) is 5.69 Å². The summed E-state index contributed by atoms with van der Waals surface area (Å²) < 4.78 is 31.3. The van der Waals surface area contributed by atoms with Gasteiger partial charge in [0.1, 0.15) is 6.54 Å². The highest BCUT2D eigenvalue weighted by atomic mass is 79.9. The molecule has 3 aromatic carbocycles. The van der Waals surface area contributed by atoms with E-state index in [0.717, 1.165) is 42.5 Å². The van der Waals surface area contributed by atoms with Crippen LogP contribution in [0.3, 0.4) is 0 Å². The van der Waals surface area contributed by atoms with Crippen LogP contribution in [-0.2, 0) is 14.8 Å². The zero-order valence-corrected chi connectivity index (χ0v) is 24.0. The molecule has 1 aromatic heterocycles. The molecule has 4 rings (SSSR count). The third kappa shape index (κ3) is 5.89. The van der Waals surface area contributed by atoms with Crippen molar-refractivity contribution in [3.8, 4) is 5.69 Å². The molecule has 1 N–H and O–H groups in total. The SMILES string of the molecule is Cc1ccc(S(=O)(=O)N(CC(=O)N/N=C/c2cc(C)n(-c3cccc(Br)c3)c2C)c2ccccc2C)cc1. The van der Waals surface area contributed by atoms with Gasteiger partial charge in [0, 0.05) is 27.1 Å². The van der Waals surface area contributed by atoms with E-state index in [9.17, 15) is 13.2 Å². The van der Waals surface area contributed by atoms with Crippen LogP contribution in [0, 0.1) is 27.7 Å². The number of aryl methyl sites for hydroxylation is 3. The number of hydrazone groups is 1. The largest absolute Gasteiger partial charge is 0.318 e. The molecule has 38 heavy (non-hydrogen) atoms. The number of sulfonamides is 1. The number of halogens is 1. The summed E-state index contributed by atoms with van der Waals surface area (Å²) in [7, 11) is -4.00. The molecule has 0 bridgehead atoms. The molecule has 0 saturated carbocycles. The lowest BCUT2D eigenvalue weighted by Crippen LogP contribution is -2.40. The fourth-order valence-electron chi connectivity index (χ4n) is 4.25. The second kappa shape index (κ2) is 11.4. The number of hydrogen-bond donors (Lipinski definition) is 1. The van der Waals surface area contributed by atoms with Gasteiger partial charge in [-0.05, 0) is 75.7 Å². The monoisotopic (exact) mass is 592 g/mol. The van der Waals surface area contributed by atoms with Crippen LogP contribution in [0.2, 0.25) is 0 Å². The molecule has 7 nitrogen and oxygen atoms in total. The van der Waals surface area contributed by atoms with Gasteiger partial charge in [0.2, 0.25) is 0 Å². The number of anilines is 1. The van der Waals surface area contributed by atoms with E-state index in [-0.39, 0.29) is 4.90 Å². The molecular formula is C29H29BrN4O3S. The Labute approximate surface area is 232 Å². The molecule has 0 aliphatic carbocycles. The first-order valence-corrected chi connectivity index (χ1v) is 14.2. The number of aromatic nitrogens is 1. The predicted molar refractivity (Wildman–Crippen MR) is 156 cm³/mol. The van der Waals surface area contributed by atoms with Gasteiger partial charge >= 0.3 is 0 Å². The van der Waals surface area contributed by atoms with Gasteiger partial charge in [-0.3, -0.25) is 9.10 Å². The highest BCUT2D eigenvalue weighted by molar-refractivity contribution is 9.10. The highest BCUT2D eigenvalue weighted by Gasteiger charge is 2.28. The Morgan fingerprint density at radius 3 is 2.37 bits per heavy atom. The highest BCUT2D eigenvalue weighted by Crippen LogP contribution is 2.27. The average molecular weight is 594 g/mol. The zero-order valence-electron chi connectivity index (χ0n) is 21.6. The Kier molecular flexibility index (Phi) is 8.18. The Bertz CT molecular complexity index is 1610. The molecule has 0 radical (unpaired) electrons. The topological polar surface area (TPSA) is 83.8 Å². The summed E-state index contributed by atoms with van der Waals surface area (Å²) >= 11 is 3.51. The summed E-state index contributed by atoms with van der Waals surface area (Å²) in [5, 5.41) is 4.13. The predicted octanol–water partition coefficient (Wildman–Crippen LogP) is 5.82. The molecule has 0 saturated heterocycles. The van der Waals surface area contributed by atoms with E-state index < -0.39 is 22.5 Å². The Morgan fingerprint density at radius 1 is 0.974 bits per heavy atom. The van der Waals surface area contributed by atoms with Gasteiger partial charge in [0.05, 0.1) is 16.8 Å². The number of amides is 1. The molecular weight excluding hydrogens is 564 g/mol. The number of carbonyl (C=O) groups excluding carboxylic acids is 1. The lowest BCUT2D eigenvalue weighted by atomic mass is 10.2. The number of rotatable bonds is 8. The molecule has 0 fully saturated rings. The van der Waals surface area contributed by atoms with Crippen LogP contribution in [0.1, 0.15) is 28.1 Å². The maximum atomic E-state index is 13.6. The van der Waals surface area contributed by atoms with Crippen LogP contribution >= 0.6 is 15.9 Å². The maximum Gasteiger partial charge on any atom is 0.264 e. The van der Waals surface area contributed by atoms with E-state index in [1.54, 1.807) is 42.6 Å². The quantitative estimate of drug-likeness (QED) is 0.207. The minimum Gasteiger partial charge on any atom is -0.318 e. The van der Waals surface area contributed by atoms with E-state index in [4.69, 9.17) is 0 Å². The number of para-hydroxylation sites is 1. The summed E-state index contributed by atoms with van der Waals surface area (Å²) in [6.07, 6.45) is 1.57. The van der Waals surface area contributed by atoms with Crippen molar-refractivity contribution < 1.29 is 13.2 Å². The minimum absolute atomic E-state index is 0.114. The van der Waals surface area contributed by atoms with Crippen LogP contribution in [0.5, 0.6) is 0 Å². The first-order valence-electron chi connectivity index (χ1n) is 12.0. The summed E-state index contributed by atoms with van der Waals surface area (Å²) in [5.74, 6) is -0.555. The third-order valence-electron chi connectivity index (χ3n) is 6.21. The van der Waals surface area contributed by atoms with Crippen molar-refractivity contribution in [2.75, 3.05) is 10.8 Å². The Balaban J connectivity index is 1.56. The standard InChI is InChI=1S/C29H29BrN4O3S/c1-20-12-14-27(15-13-20)38(36,37)33(28-11-6-5-8-21(28)2)19-29(35)32-31-18-24-16-22(3)34(23(24)4)26-10-7-9-25(30)17-26/h5-18H,19H2,1-4H3,(H,32,35)/b31-18+. The third-order valence-corrected chi connectivity index (χ3v) is 8.48. The van der Waals surface area contributed by atoms with Gasteiger partial charge < -0.3 is 4.57 Å². The van der Waals surface area contributed by atoms with Crippen LogP contribution in [0.25, 0.3) is 5.69 Å². The number of carbonyl (C=O) groups is 1. The fraction of sp³-hybridized carbons (Fsp3) is 0.172. The lowest BCUT2D eigenvalue weighted by molar-refractivity contribution is -0.119. The van der Waals surface area contributed by atoms with Crippen molar-refractivity contribution in [2.24, 2.45) is 5.10 Å². The van der Waals surface area contributed by atoms with Gasteiger partial charge in [-0.15, -0.1) is 0 Å². The molecule has 0 spiro atoms. The molecule has 9 heteroatoms. The molecule has 0 unspecified atom stereocenters. The van der Waals surface area contributed by atoms with Gasteiger partial charge in [-0.2, -0.15) is 5.10 Å². The van der Waals surface area contributed by atoms with E-state index in [2.05, 4.69) is 31.0 Å². The summed E-state index contributed by atoms with van der Waals surface area (Å²) in [6.45, 7) is 7.25. The Morgan fingerprint density at radius 2 is 1.68 bits per heavy atom. The van der Waals surface area contributed by atoms with Crippen molar-refractivity contribution in [1.29, 1.82) is 0 Å². The maximum absolute atomic E-state index is 13.6. The van der Waals surface area contributed by atoms with Crippen LogP contribution in [0.4, 0.5) is 5.69 Å².